The Morgan fingerprint density at radius 1 is 1.67 bits per heavy atom. The van der Waals surface area contributed by atoms with Gasteiger partial charge in [-0.25, -0.2) is 0 Å². The van der Waals surface area contributed by atoms with Gasteiger partial charge in [0.25, 0.3) is 0 Å². The van der Waals surface area contributed by atoms with Crippen LogP contribution in [0.15, 0.2) is 17.5 Å². The van der Waals surface area contributed by atoms with E-state index in [0.717, 1.165) is 13.0 Å². The predicted molar refractivity (Wildman–Crippen MR) is 61.7 cm³/mol. The molecule has 1 aliphatic rings. The van der Waals surface area contributed by atoms with Crippen LogP contribution in [0.4, 0.5) is 0 Å². The molecule has 4 heteroatoms. The highest BCUT2D eigenvalue weighted by Gasteiger charge is 2.38. The van der Waals surface area contributed by atoms with Gasteiger partial charge in [0.15, 0.2) is 0 Å². The minimum absolute atomic E-state index is 0.0392. The molecule has 2 heterocycles. The van der Waals surface area contributed by atoms with Gasteiger partial charge in [-0.05, 0) is 17.9 Å². The van der Waals surface area contributed by atoms with Crippen molar-refractivity contribution in [2.45, 2.75) is 31.8 Å². The third-order valence-electron chi connectivity index (χ3n) is 2.77. The number of hydrogen-bond donors (Lipinski definition) is 1. The van der Waals surface area contributed by atoms with Crippen LogP contribution < -0.4 is 5.73 Å². The Balaban J connectivity index is 2.23. The zero-order chi connectivity index (χ0) is 10.8. The standard InChI is InChI=1S/C11H16N2OS/c1-2-5-13-10(14)7-8(12)11(13)9-4-3-6-15-9/h3-4,6,8,11H,2,5,7,12H2,1H3/t8-,11-/m0/s1. The molecule has 1 aliphatic heterocycles. The molecule has 1 saturated heterocycles. The number of likely N-dealkylation sites (tertiary alicyclic amines) is 1. The van der Waals surface area contributed by atoms with Crippen molar-refractivity contribution < 1.29 is 4.79 Å². The highest BCUT2D eigenvalue weighted by atomic mass is 32.1. The quantitative estimate of drug-likeness (QED) is 0.850. The van der Waals surface area contributed by atoms with E-state index < -0.39 is 0 Å². The highest BCUT2D eigenvalue weighted by molar-refractivity contribution is 7.10. The maximum absolute atomic E-state index is 11.7. The Morgan fingerprint density at radius 2 is 2.47 bits per heavy atom. The van der Waals surface area contributed by atoms with Crippen LogP contribution in [0.2, 0.25) is 0 Å². The van der Waals surface area contributed by atoms with E-state index in [1.165, 1.54) is 4.88 Å². The number of hydrogen-bond acceptors (Lipinski definition) is 3. The summed E-state index contributed by atoms with van der Waals surface area (Å²) in [6, 6.07) is 4.15. The topological polar surface area (TPSA) is 46.3 Å². The summed E-state index contributed by atoms with van der Waals surface area (Å²) in [5.41, 5.74) is 6.03. The van der Waals surface area contributed by atoms with Gasteiger partial charge in [-0.15, -0.1) is 11.3 Å². The second-order valence-electron chi connectivity index (χ2n) is 3.92. The van der Waals surface area contributed by atoms with Crippen molar-refractivity contribution in [3.8, 4) is 0 Å². The van der Waals surface area contributed by atoms with Crippen molar-refractivity contribution in [2.24, 2.45) is 5.73 Å². The molecule has 0 spiro atoms. The van der Waals surface area contributed by atoms with Gasteiger partial charge in [-0.2, -0.15) is 0 Å². The molecule has 1 aromatic heterocycles. The van der Waals surface area contributed by atoms with Gasteiger partial charge in [0.1, 0.15) is 0 Å². The summed E-state index contributed by atoms with van der Waals surface area (Å²) in [7, 11) is 0. The Hall–Kier alpha value is -0.870. The molecule has 1 amide bonds. The van der Waals surface area contributed by atoms with E-state index in [9.17, 15) is 4.79 Å². The number of carbonyl (C=O) groups is 1. The lowest BCUT2D eigenvalue weighted by molar-refractivity contribution is -0.129. The van der Waals surface area contributed by atoms with E-state index in [1.54, 1.807) is 11.3 Å². The summed E-state index contributed by atoms with van der Waals surface area (Å²) in [6.07, 6.45) is 1.48. The SMILES string of the molecule is CCCN1C(=O)C[C@H](N)[C@H]1c1cccs1. The molecule has 1 fully saturated rings. The summed E-state index contributed by atoms with van der Waals surface area (Å²) in [4.78, 5) is 14.9. The van der Waals surface area contributed by atoms with Gasteiger partial charge in [-0.1, -0.05) is 13.0 Å². The first-order valence-electron chi connectivity index (χ1n) is 5.32. The van der Waals surface area contributed by atoms with Gasteiger partial charge < -0.3 is 10.6 Å². The molecule has 0 radical (unpaired) electrons. The molecular weight excluding hydrogens is 208 g/mol. The Kier molecular flexibility index (Phi) is 3.07. The molecule has 0 saturated carbocycles. The first-order valence-corrected chi connectivity index (χ1v) is 6.20. The van der Waals surface area contributed by atoms with E-state index in [2.05, 4.69) is 13.0 Å². The average Bonchev–Trinajstić information content (AvgIpc) is 2.77. The minimum Gasteiger partial charge on any atom is -0.333 e. The Labute approximate surface area is 93.9 Å². The molecule has 2 atom stereocenters. The number of thiophene rings is 1. The van der Waals surface area contributed by atoms with E-state index in [4.69, 9.17) is 5.73 Å². The van der Waals surface area contributed by atoms with Crippen LogP contribution in [0, 0.1) is 0 Å². The fraction of sp³-hybridized carbons (Fsp3) is 0.545. The third-order valence-corrected chi connectivity index (χ3v) is 3.71. The first-order chi connectivity index (χ1) is 7.24. The van der Waals surface area contributed by atoms with Crippen LogP contribution in [0.25, 0.3) is 0 Å². The lowest BCUT2D eigenvalue weighted by Gasteiger charge is -2.25. The lowest BCUT2D eigenvalue weighted by atomic mass is 10.1. The van der Waals surface area contributed by atoms with Crippen LogP contribution in [0.3, 0.4) is 0 Å². The molecule has 15 heavy (non-hydrogen) atoms. The molecule has 82 valence electrons. The zero-order valence-corrected chi connectivity index (χ0v) is 9.67. The zero-order valence-electron chi connectivity index (χ0n) is 8.85. The molecule has 0 bridgehead atoms. The van der Waals surface area contributed by atoms with Gasteiger partial charge in [0.05, 0.1) is 6.04 Å². The van der Waals surface area contributed by atoms with Crippen LogP contribution >= 0.6 is 11.3 Å². The van der Waals surface area contributed by atoms with Gasteiger partial charge in [-0.3, -0.25) is 4.79 Å². The number of amides is 1. The average molecular weight is 224 g/mol. The summed E-state index contributed by atoms with van der Waals surface area (Å²) in [6.45, 7) is 2.90. The normalized spacial score (nSPS) is 26.3. The van der Waals surface area contributed by atoms with Crippen LogP contribution in [0.5, 0.6) is 0 Å². The van der Waals surface area contributed by atoms with Crippen LogP contribution in [-0.4, -0.2) is 23.4 Å². The monoisotopic (exact) mass is 224 g/mol. The van der Waals surface area contributed by atoms with Crippen LogP contribution in [0.1, 0.15) is 30.7 Å². The van der Waals surface area contributed by atoms with Gasteiger partial charge >= 0.3 is 0 Å². The summed E-state index contributed by atoms with van der Waals surface area (Å²) in [5, 5.41) is 2.04. The van der Waals surface area contributed by atoms with Crippen molar-refractivity contribution >= 4 is 17.2 Å². The number of carbonyl (C=O) groups excluding carboxylic acids is 1. The second-order valence-corrected chi connectivity index (χ2v) is 4.89. The number of rotatable bonds is 3. The molecular formula is C11H16N2OS. The Morgan fingerprint density at radius 3 is 3.07 bits per heavy atom. The predicted octanol–water partition coefficient (Wildman–Crippen LogP) is 1.76. The highest BCUT2D eigenvalue weighted by Crippen LogP contribution is 2.34. The fourth-order valence-corrected chi connectivity index (χ4v) is 3.06. The molecule has 0 aliphatic carbocycles. The fourth-order valence-electron chi connectivity index (χ4n) is 2.15. The maximum Gasteiger partial charge on any atom is 0.224 e. The minimum atomic E-state index is -0.0392. The summed E-state index contributed by atoms with van der Waals surface area (Å²) < 4.78 is 0. The molecule has 0 aromatic carbocycles. The summed E-state index contributed by atoms with van der Waals surface area (Å²) in [5.74, 6) is 0.197. The molecule has 1 aromatic rings. The third kappa shape index (κ3) is 1.92. The van der Waals surface area contributed by atoms with Crippen molar-refractivity contribution in [1.29, 1.82) is 0 Å². The molecule has 2 rings (SSSR count). The second kappa shape index (κ2) is 4.33. The van der Waals surface area contributed by atoms with E-state index in [1.807, 2.05) is 16.3 Å². The van der Waals surface area contributed by atoms with Crippen molar-refractivity contribution in [3.05, 3.63) is 22.4 Å². The lowest BCUT2D eigenvalue weighted by Crippen LogP contribution is -2.33. The van der Waals surface area contributed by atoms with E-state index >= 15 is 0 Å². The van der Waals surface area contributed by atoms with E-state index in [0.29, 0.717) is 6.42 Å². The van der Waals surface area contributed by atoms with Gasteiger partial charge in [0, 0.05) is 23.9 Å². The molecule has 3 nitrogen and oxygen atoms in total. The Bertz CT molecular complexity index is 336. The number of nitrogens with two attached hydrogens (primary N) is 1. The van der Waals surface area contributed by atoms with Crippen molar-refractivity contribution in [1.82, 2.24) is 4.90 Å². The van der Waals surface area contributed by atoms with Crippen LogP contribution in [-0.2, 0) is 4.79 Å². The smallest absolute Gasteiger partial charge is 0.224 e. The van der Waals surface area contributed by atoms with E-state index in [-0.39, 0.29) is 18.0 Å². The largest absolute Gasteiger partial charge is 0.333 e. The molecule has 2 N–H and O–H groups in total. The first kappa shape index (κ1) is 10.6. The maximum atomic E-state index is 11.7. The summed E-state index contributed by atoms with van der Waals surface area (Å²) >= 11 is 1.68. The van der Waals surface area contributed by atoms with Crippen molar-refractivity contribution in [2.75, 3.05) is 6.54 Å². The number of nitrogens with zero attached hydrogens (tertiary/aromatic N) is 1. The van der Waals surface area contributed by atoms with Crippen molar-refractivity contribution in [3.63, 3.8) is 0 Å². The molecule has 0 unspecified atom stereocenters. The van der Waals surface area contributed by atoms with Gasteiger partial charge in [0.2, 0.25) is 5.91 Å².